The Morgan fingerprint density at radius 3 is 2.07 bits per heavy atom. The number of hydrogen-bond donors (Lipinski definition) is 1. The standard InChI is InChI=1S/C10H17F3O/c1-7-6-8(2,3)4-5-9(7,14)10(11,12)13/h7,14H,4-6H2,1-3H3. The van der Waals surface area contributed by atoms with Crippen LogP contribution in [0.1, 0.15) is 40.0 Å². The smallest absolute Gasteiger partial charge is 0.380 e. The van der Waals surface area contributed by atoms with Gasteiger partial charge in [-0.15, -0.1) is 0 Å². The molecule has 1 rings (SSSR count). The van der Waals surface area contributed by atoms with Crippen LogP contribution in [0, 0.1) is 11.3 Å². The van der Waals surface area contributed by atoms with E-state index in [1.54, 1.807) is 0 Å². The van der Waals surface area contributed by atoms with Crippen LogP contribution in [0.4, 0.5) is 13.2 Å². The molecule has 4 heteroatoms. The first-order valence-corrected chi connectivity index (χ1v) is 4.88. The van der Waals surface area contributed by atoms with Gasteiger partial charge in [-0.25, -0.2) is 0 Å². The molecule has 0 aliphatic heterocycles. The van der Waals surface area contributed by atoms with Crippen LogP contribution in [0.25, 0.3) is 0 Å². The van der Waals surface area contributed by atoms with Crippen molar-refractivity contribution in [3.8, 4) is 0 Å². The van der Waals surface area contributed by atoms with E-state index in [1.165, 1.54) is 6.92 Å². The second-order valence-corrected chi connectivity index (χ2v) is 5.19. The van der Waals surface area contributed by atoms with Crippen molar-refractivity contribution in [2.24, 2.45) is 11.3 Å². The molecule has 0 heterocycles. The Kier molecular flexibility index (Phi) is 2.64. The van der Waals surface area contributed by atoms with E-state index in [0.29, 0.717) is 12.8 Å². The molecule has 1 aliphatic rings. The summed E-state index contributed by atoms with van der Waals surface area (Å²) < 4.78 is 37.7. The molecule has 1 N–H and O–H groups in total. The van der Waals surface area contributed by atoms with Gasteiger partial charge in [0.1, 0.15) is 0 Å². The lowest BCUT2D eigenvalue weighted by atomic mass is 9.65. The van der Waals surface area contributed by atoms with E-state index >= 15 is 0 Å². The van der Waals surface area contributed by atoms with Crippen LogP contribution in [0.3, 0.4) is 0 Å². The molecule has 2 atom stereocenters. The molecule has 0 aromatic heterocycles. The average Bonchev–Trinajstić information content (AvgIpc) is 1.94. The first kappa shape index (κ1) is 11.8. The van der Waals surface area contributed by atoms with Crippen molar-refractivity contribution in [2.45, 2.75) is 51.8 Å². The third-order valence-corrected chi connectivity index (χ3v) is 3.35. The summed E-state index contributed by atoms with van der Waals surface area (Å²) in [5.41, 5.74) is -2.56. The molecule has 1 nitrogen and oxygen atoms in total. The molecule has 84 valence electrons. The SMILES string of the molecule is CC1CC(C)(C)CCC1(O)C(F)(F)F. The van der Waals surface area contributed by atoms with Gasteiger partial charge in [0, 0.05) is 0 Å². The van der Waals surface area contributed by atoms with Gasteiger partial charge in [-0.05, 0) is 30.6 Å². The van der Waals surface area contributed by atoms with Gasteiger partial charge in [0.15, 0.2) is 5.60 Å². The Balaban J connectivity index is 2.85. The second-order valence-electron chi connectivity index (χ2n) is 5.19. The molecule has 0 spiro atoms. The first-order chi connectivity index (χ1) is 6.08. The van der Waals surface area contributed by atoms with Crippen LogP contribution in [-0.4, -0.2) is 16.9 Å². The number of aliphatic hydroxyl groups is 1. The van der Waals surface area contributed by atoms with Gasteiger partial charge < -0.3 is 5.11 Å². The highest BCUT2D eigenvalue weighted by molar-refractivity contribution is 4.98. The van der Waals surface area contributed by atoms with Crippen LogP contribution in [-0.2, 0) is 0 Å². The zero-order valence-electron chi connectivity index (χ0n) is 8.78. The van der Waals surface area contributed by atoms with Crippen LogP contribution < -0.4 is 0 Å². The van der Waals surface area contributed by atoms with Gasteiger partial charge >= 0.3 is 6.18 Å². The fraction of sp³-hybridized carbons (Fsp3) is 1.00. The summed E-state index contributed by atoms with van der Waals surface area (Å²) in [4.78, 5) is 0. The Morgan fingerprint density at radius 1 is 1.21 bits per heavy atom. The monoisotopic (exact) mass is 210 g/mol. The summed E-state index contributed by atoms with van der Waals surface area (Å²) in [6, 6.07) is 0. The quantitative estimate of drug-likeness (QED) is 0.651. The fourth-order valence-corrected chi connectivity index (χ4v) is 2.30. The molecule has 0 radical (unpaired) electrons. The molecule has 1 aliphatic carbocycles. The predicted molar refractivity (Wildman–Crippen MR) is 47.8 cm³/mol. The zero-order valence-corrected chi connectivity index (χ0v) is 8.78. The molecular weight excluding hydrogens is 193 g/mol. The first-order valence-electron chi connectivity index (χ1n) is 4.88. The van der Waals surface area contributed by atoms with Gasteiger partial charge in [-0.1, -0.05) is 20.8 Å². The number of alkyl halides is 3. The van der Waals surface area contributed by atoms with E-state index in [-0.39, 0.29) is 11.8 Å². The van der Waals surface area contributed by atoms with Gasteiger partial charge in [0.2, 0.25) is 0 Å². The minimum atomic E-state index is -4.50. The second kappa shape index (κ2) is 3.12. The van der Waals surface area contributed by atoms with Crippen LogP contribution >= 0.6 is 0 Å². The molecule has 1 fully saturated rings. The summed E-state index contributed by atoms with van der Waals surface area (Å²) >= 11 is 0. The van der Waals surface area contributed by atoms with Crippen molar-refractivity contribution < 1.29 is 18.3 Å². The van der Waals surface area contributed by atoms with Crippen molar-refractivity contribution in [2.75, 3.05) is 0 Å². The van der Waals surface area contributed by atoms with Crippen LogP contribution in [0.2, 0.25) is 0 Å². The number of halogens is 3. The highest BCUT2D eigenvalue weighted by Gasteiger charge is 2.59. The van der Waals surface area contributed by atoms with E-state index < -0.39 is 17.7 Å². The zero-order chi connectivity index (χ0) is 11.2. The molecule has 0 saturated heterocycles. The Labute approximate surface area is 82.3 Å². The lowest BCUT2D eigenvalue weighted by Crippen LogP contribution is -2.54. The summed E-state index contributed by atoms with van der Waals surface area (Å²) in [6.07, 6.45) is -3.83. The minimum absolute atomic E-state index is 0.0864. The molecular formula is C10H17F3O. The van der Waals surface area contributed by atoms with Crippen molar-refractivity contribution in [3.05, 3.63) is 0 Å². The topological polar surface area (TPSA) is 20.2 Å². The summed E-state index contributed by atoms with van der Waals surface area (Å²) in [5, 5.41) is 9.58. The van der Waals surface area contributed by atoms with Crippen molar-refractivity contribution in [3.63, 3.8) is 0 Å². The van der Waals surface area contributed by atoms with Gasteiger partial charge in [0.25, 0.3) is 0 Å². The molecule has 1 saturated carbocycles. The number of rotatable bonds is 0. The summed E-state index contributed by atoms with van der Waals surface area (Å²) in [6.45, 7) is 5.37. The van der Waals surface area contributed by atoms with Crippen LogP contribution in [0.15, 0.2) is 0 Å². The Hall–Kier alpha value is -0.250. The third kappa shape index (κ3) is 1.90. The van der Waals surface area contributed by atoms with E-state index in [4.69, 9.17) is 0 Å². The van der Waals surface area contributed by atoms with E-state index in [1.807, 2.05) is 13.8 Å². The predicted octanol–water partition coefficient (Wildman–Crippen LogP) is 3.13. The van der Waals surface area contributed by atoms with E-state index in [0.717, 1.165) is 0 Å². The highest BCUT2D eigenvalue weighted by atomic mass is 19.4. The van der Waals surface area contributed by atoms with Gasteiger partial charge in [-0.2, -0.15) is 13.2 Å². The van der Waals surface area contributed by atoms with Crippen LogP contribution in [0.5, 0.6) is 0 Å². The molecule has 14 heavy (non-hydrogen) atoms. The molecule has 0 aromatic rings. The van der Waals surface area contributed by atoms with Crippen molar-refractivity contribution in [1.82, 2.24) is 0 Å². The largest absolute Gasteiger partial charge is 0.417 e. The van der Waals surface area contributed by atoms with E-state index in [9.17, 15) is 18.3 Å². The normalized spacial score (nSPS) is 38.4. The van der Waals surface area contributed by atoms with Gasteiger partial charge in [-0.3, -0.25) is 0 Å². The minimum Gasteiger partial charge on any atom is -0.380 e. The maximum Gasteiger partial charge on any atom is 0.417 e. The van der Waals surface area contributed by atoms with Gasteiger partial charge in [0.05, 0.1) is 0 Å². The molecule has 0 bridgehead atoms. The third-order valence-electron chi connectivity index (χ3n) is 3.35. The molecule has 0 aromatic carbocycles. The lowest BCUT2D eigenvalue weighted by molar-refractivity contribution is -0.292. The highest BCUT2D eigenvalue weighted by Crippen LogP contribution is 2.50. The maximum absolute atomic E-state index is 12.6. The lowest BCUT2D eigenvalue weighted by Gasteiger charge is -2.45. The average molecular weight is 210 g/mol. The fourth-order valence-electron chi connectivity index (χ4n) is 2.30. The van der Waals surface area contributed by atoms with Crippen molar-refractivity contribution >= 4 is 0 Å². The molecule has 2 unspecified atom stereocenters. The Bertz CT molecular complexity index is 222. The Morgan fingerprint density at radius 2 is 1.71 bits per heavy atom. The molecule has 0 amide bonds. The maximum atomic E-state index is 12.6. The van der Waals surface area contributed by atoms with Crippen molar-refractivity contribution in [1.29, 1.82) is 0 Å². The summed E-state index contributed by atoms with van der Waals surface area (Å²) in [5.74, 6) is -0.716. The number of hydrogen-bond acceptors (Lipinski definition) is 1. The summed E-state index contributed by atoms with van der Waals surface area (Å²) in [7, 11) is 0. The van der Waals surface area contributed by atoms with E-state index in [2.05, 4.69) is 0 Å².